The van der Waals surface area contributed by atoms with Crippen LogP contribution in [0.15, 0.2) is 0 Å². The third-order valence-corrected chi connectivity index (χ3v) is 6.45. The average molecular weight is 384 g/mol. The minimum atomic E-state index is -0.200. The third kappa shape index (κ3) is 4.99. The van der Waals surface area contributed by atoms with E-state index < -0.39 is 0 Å². The van der Waals surface area contributed by atoms with Gasteiger partial charge >= 0.3 is 12.1 Å². The van der Waals surface area contributed by atoms with E-state index >= 15 is 0 Å². The van der Waals surface area contributed by atoms with Gasteiger partial charge in [-0.15, -0.1) is 0 Å². The maximum absolute atomic E-state index is 12.6. The summed E-state index contributed by atoms with van der Waals surface area (Å²) in [4.78, 5) is 30.9. The summed E-state index contributed by atoms with van der Waals surface area (Å²) >= 11 is 0. The molecule has 0 aliphatic carbocycles. The Labute approximate surface area is 162 Å². The van der Waals surface area contributed by atoms with Gasteiger partial charge < -0.3 is 14.4 Å². The fourth-order valence-electron chi connectivity index (χ4n) is 4.55. The van der Waals surface area contributed by atoms with Gasteiger partial charge in [0.05, 0.1) is 27.2 Å². The van der Waals surface area contributed by atoms with Crippen LogP contribution >= 0.6 is 0 Å². The molecule has 8 nitrogen and oxygen atoms in total. The molecule has 154 valence electrons. The van der Waals surface area contributed by atoms with Gasteiger partial charge in [0.1, 0.15) is 6.54 Å². The van der Waals surface area contributed by atoms with E-state index in [1.165, 1.54) is 20.0 Å². The highest BCUT2D eigenvalue weighted by Gasteiger charge is 2.49. The van der Waals surface area contributed by atoms with Crippen LogP contribution in [0.1, 0.15) is 19.8 Å². The maximum Gasteiger partial charge on any atom is 0.517 e. The number of likely N-dealkylation sites (tertiary alicyclic amines) is 1. The second-order valence-corrected chi connectivity index (χ2v) is 8.37. The number of carbonyl (C=O) groups is 2. The molecule has 0 saturated carbocycles. The zero-order valence-corrected chi connectivity index (χ0v) is 17.1. The number of likely N-dealkylation sites (N-methyl/N-ethyl adjacent to an activating group) is 1. The lowest BCUT2D eigenvalue weighted by Gasteiger charge is -2.36. The molecule has 1 amide bonds. The fourth-order valence-corrected chi connectivity index (χ4v) is 4.55. The number of piperazine rings is 1. The maximum atomic E-state index is 12.6. The number of nitrogens with zero attached hydrogens (tertiary/aromatic N) is 4. The van der Waals surface area contributed by atoms with E-state index in [2.05, 4.69) is 21.6 Å². The summed E-state index contributed by atoms with van der Waals surface area (Å²) < 4.78 is 10.9. The van der Waals surface area contributed by atoms with Crippen LogP contribution in [0.3, 0.4) is 0 Å². The molecule has 3 saturated heterocycles. The Hall–Kier alpha value is -1.22. The minimum Gasteiger partial charge on any atom is -0.468 e. The fraction of sp³-hybridized carbons (Fsp3) is 0.895. The number of carbonyl (C=O) groups excluding carboxylic acids is 2. The topological polar surface area (TPSA) is 62.3 Å². The highest BCUT2D eigenvalue weighted by atomic mass is 16.6. The van der Waals surface area contributed by atoms with E-state index in [1.54, 1.807) is 0 Å². The molecule has 3 aliphatic heterocycles. The standard InChI is InChI=1S/C19H35N4O4/c1-4-20-7-5-16(6-8-20)14-23(2)15-17(27-19(23)25)22-11-9-21(10-12-22)13-18(24)26-3/h16-17H,4-15H2,1-3H3/q+1. The SMILES string of the molecule is CCN1CCC(C[N+]2(C)CC(N3CCN(CC(=O)OC)CC3)OC2=O)CC1. The molecule has 0 bridgehead atoms. The molecule has 0 aromatic rings. The van der Waals surface area contributed by atoms with Crippen LogP contribution in [-0.4, -0.2) is 117 Å². The van der Waals surface area contributed by atoms with Gasteiger partial charge in [-0.2, -0.15) is 4.79 Å². The Morgan fingerprint density at radius 1 is 1.15 bits per heavy atom. The molecular formula is C19H35N4O4+. The number of cyclic esters (lactones) is 1. The van der Waals surface area contributed by atoms with Crippen molar-refractivity contribution in [3.05, 3.63) is 0 Å². The van der Waals surface area contributed by atoms with E-state index in [9.17, 15) is 9.59 Å². The predicted octanol–water partition coefficient (Wildman–Crippen LogP) is 0.432. The second kappa shape index (κ2) is 8.86. The van der Waals surface area contributed by atoms with Crippen LogP contribution in [-0.2, 0) is 14.3 Å². The molecule has 2 unspecified atom stereocenters. The van der Waals surface area contributed by atoms with Crippen molar-refractivity contribution in [2.75, 3.05) is 79.6 Å². The first-order valence-corrected chi connectivity index (χ1v) is 10.2. The summed E-state index contributed by atoms with van der Waals surface area (Å²) in [6.07, 6.45) is 2.12. The molecular weight excluding hydrogens is 348 g/mol. The summed E-state index contributed by atoms with van der Waals surface area (Å²) in [6, 6.07) is 0. The highest BCUT2D eigenvalue weighted by molar-refractivity contribution is 5.71. The second-order valence-electron chi connectivity index (χ2n) is 8.37. The molecule has 0 spiro atoms. The van der Waals surface area contributed by atoms with Crippen molar-refractivity contribution >= 4 is 12.1 Å². The van der Waals surface area contributed by atoms with Gasteiger partial charge in [0, 0.05) is 32.1 Å². The molecule has 3 aliphatic rings. The van der Waals surface area contributed by atoms with Gasteiger partial charge in [0.15, 0.2) is 0 Å². The largest absolute Gasteiger partial charge is 0.517 e. The van der Waals surface area contributed by atoms with Gasteiger partial charge in [-0.05, 0) is 32.5 Å². The molecule has 3 fully saturated rings. The minimum absolute atomic E-state index is 0.0880. The number of hydrogen-bond donors (Lipinski definition) is 0. The lowest BCUT2D eigenvalue weighted by Crippen LogP contribution is -2.54. The number of rotatable bonds is 6. The number of hydrogen-bond acceptors (Lipinski definition) is 7. The predicted molar refractivity (Wildman–Crippen MR) is 101 cm³/mol. The monoisotopic (exact) mass is 383 g/mol. The summed E-state index contributed by atoms with van der Waals surface area (Å²) in [6.45, 7) is 10.8. The van der Waals surface area contributed by atoms with E-state index in [0.717, 1.165) is 58.9 Å². The van der Waals surface area contributed by atoms with Gasteiger partial charge in [-0.25, -0.2) is 4.48 Å². The first-order chi connectivity index (χ1) is 12.9. The molecule has 2 atom stereocenters. The van der Waals surface area contributed by atoms with Crippen molar-refractivity contribution in [1.82, 2.24) is 14.7 Å². The van der Waals surface area contributed by atoms with Crippen LogP contribution in [0.4, 0.5) is 4.79 Å². The number of esters is 1. The van der Waals surface area contributed by atoms with Crippen LogP contribution in [0.25, 0.3) is 0 Å². The molecule has 0 N–H and O–H groups in total. The number of ether oxygens (including phenoxy) is 2. The van der Waals surface area contributed by atoms with E-state index in [1.807, 2.05) is 7.05 Å². The summed E-state index contributed by atoms with van der Waals surface area (Å²) in [5, 5.41) is 0. The molecule has 0 aromatic carbocycles. The Balaban J connectivity index is 1.48. The van der Waals surface area contributed by atoms with E-state index in [-0.39, 0.29) is 18.3 Å². The van der Waals surface area contributed by atoms with Crippen molar-refractivity contribution in [3.63, 3.8) is 0 Å². The zero-order chi connectivity index (χ0) is 19.4. The van der Waals surface area contributed by atoms with Crippen LogP contribution < -0.4 is 0 Å². The lowest BCUT2D eigenvalue weighted by molar-refractivity contribution is -0.828. The van der Waals surface area contributed by atoms with Gasteiger partial charge in [-0.1, -0.05) is 6.92 Å². The molecule has 27 heavy (non-hydrogen) atoms. The third-order valence-electron chi connectivity index (χ3n) is 6.45. The highest BCUT2D eigenvalue weighted by Crippen LogP contribution is 2.27. The van der Waals surface area contributed by atoms with Crippen LogP contribution in [0, 0.1) is 5.92 Å². The van der Waals surface area contributed by atoms with Crippen molar-refractivity contribution in [2.45, 2.75) is 26.0 Å². The molecule has 8 heteroatoms. The lowest BCUT2D eigenvalue weighted by atomic mass is 9.95. The molecule has 3 rings (SSSR count). The zero-order valence-electron chi connectivity index (χ0n) is 17.1. The molecule has 0 radical (unpaired) electrons. The first-order valence-electron chi connectivity index (χ1n) is 10.2. The van der Waals surface area contributed by atoms with Crippen molar-refractivity contribution in [2.24, 2.45) is 5.92 Å². The summed E-state index contributed by atoms with van der Waals surface area (Å²) in [5.74, 6) is 0.398. The summed E-state index contributed by atoms with van der Waals surface area (Å²) in [5.41, 5.74) is 0. The number of methoxy groups -OCH3 is 1. The first kappa shape index (κ1) is 20.5. The van der Waals surface area contributed by atoms with Crippen molar-refractivity contribution in [1.29, 1.82) is 0 Å². The number of quaternary nitrogens is 1. The van der Waals surface area contributed by atoms with E-state index in [0.29, 0.717) is 16.9 Å². The Bertz CT molecular complexity index is 530. The van der Waals surface area contributed by atoms with Crippen molar-refractivity contribution in [3.8, 4) is 0 Å². The normalized spacial score (nSPS) is 31.8. The Kier molecular flexibility index (Phi) is 6.73. The smallest absolute Gasteiger partial charge is 0.468 e. The number of piperidine rings is 1. The van der Waals surface area contributed by atoms with Crippen molar-refractivity contribution < 1.29 is 23.5 Å². The Morgan fingerprint density at radius 2 is 1.81 bits per heavy atom. The quantitative estimate of drug-likeness (QED) is 0.487. The Morgan fingerprint density at radius 3 is 2.41 bits per heavy atom. The van der Waals surface area contributed by atoms with Gasteiger partial charge in [-0.3, -0.25) is 14.6 Å². The molecule has 0 aromatic heterocycles. The van der Waals surface area contributed by atoms with Crippen LogP contribution in [0.2, 0.25) is 0 Å². The van der Waals surface area contributed by atoms with Gasteiger partial charge in [0.25, 0.3) is 0 Å². The van der Waals surface area contributed by atoms with Crippen LogP contribution in [0.5, 0.6) is 0 Å². The van der Waals surface area contributed by atoms with E-state index in [4.69, 9.17) is 9.47 Å². The number of amides is 1. The summed E-state index contributed by atoms with van der Waals surface area (Å²) in [7, 11) is 3.45. The van der Waals surface area contributed by atoms with Gasteiger partial charge in [0.2, 0.25) is 6.23 Å². The molecule has 3 heterocycles. The average Bonchev–Trinajstić information content (AvgIpc) is 2.97.